The van der Waals surface area contributed by atoms with Crippen molar-refractivity contribution in [2.24, 2.45) is 5.92 Å². The van der Waals surface area contributed by atoms with Gasteiger partial charge in [-0.25, -0.2) is 4.68 Å². The second-order valence-corrected chi connectivity index (χ2v) is 9.38. The number of piperidine rings is 1. The van der Waals surface area contributed by atoms with Crippen molar-refractivity contribution < 1.29 is 4.74 Å². The van der Waals surface area contributed by atoms with Crippen molar-refractivity contribution in [2.75, 3.05) is 19.7 Å². The molecule has 1 aliphatic heterocycles. The number of ether oxygens (including phenoxy) is 1. The Balaban J connectivity index is 1.56. The highest BCUT2D eigenvalue weighted by Gasteiger charge is 2.32. The van der Waals surface area contributed by atoms with E-state index in [1.807, 2.05) is 54.1 Å². The van der Waals surface area contributed by atoms with Gasteiger partial charge in [-0.3, -0.25) is 9.69 Å². The summed E-state index contributed by atoms with van der Waals surface area (Å²) in [5.41, 5.74) is 2.57. The Kier molecular flexibility index (Phi) is 6.90. The van der Waals surface area contributed by atoms with Crippen LogP contribution in [-0.4, -0.2) is 49.8 Å². The molecule has 8 nitrogen and oxygen atoms in total. The Morgan fingerprint density at radius 1 is 1.17 bits per heavy atom. The molecule has 0 amide bonds. The van der Waals surface area contributed by atoms with E-state index in [1.54, 1.807) is 0 Å². The summed E-state index contributed by atoms with van der Waals surface area (Å²) in [6.45, 7) is 7.26. The number of tetrazole rings is 1. The molecule has 0 radical (unpaired) electrons. The zero-order valence-electron chi connectivity index (χ0n) is 20.4. The van der Waals surface area contributed by atoms with Gasteiger partial charge in [0.2, 0.25) is 0 Å². The average Bonchev–Trinajstić information content (AvgIpc) is 3.32. The molecule has 1 saturated heterocycles. The number of aromatic nitrogens is 5. The van der Waals surface area contributed by atoms with Crippen LogP contribution >= 0.6 is 0 Å². The summed E-state index contributed by atoms with van der Waals surface area (Å²) < 4.78 is 7.56. The molecule has 3 heterocycles. The van der Waals surface area contributed by atoms with Gasteiger partial charge in [-0.2, -0.15) is 0 Å². The largest absolute Gasteiger partial charge is 0.494 e. The molecule has 35 heavy (non-hydrogen) atoms. The molecule has 8 heteroatoms. The lowest BCUT2D eigenvalue weighted by atomic mass is 9.95. The fraction of sp³-hybridized carbons (Fsp3) is 0.407. The number of aromatic amines is 1. The third-order valence-electron chi connectivity index (χ3n) is 6.76. The second kappa shape index (κ2) is 10.4. The Morgan fingerprint density at radius 3 is 2.83 bits per heavy atom. The maximum absolute atomic E-state index is 13.4. The van der Waals surface area contributed by atoms with Gasteiger partial charge in [0.25, 0.3) is 5.56 Å². The molecule has 182 valence electrons. The first-order valence-electron chi connectivity index (χ1n) is 12.5. The van der Waals surface area contributed by atoms with E-state index >= 15 is 0 Å². The van der Waals surface area contributed by atoms with Crippen LogP contribution in [0.2, 0.25) is 0 Å². The van der Waals surface area contributed by atoms with E-state index in [0.717, 1.165) is 42.6 Å². The first kappa shape index (κ1) is 23.2. The number of rotatable bonds is 8. The van der Waals surface area contributed by atoms with E-state index in [2.05, 4.69) is 44.5 Å². The molecule has 1 N–H and O–H groups in total. The Morgan fingerprint density at radius 2 is 2.03 bits per heavy atom. The van der Waals surface area contributed by atoms with Crippen LogP contribution in [0.1, 0.15) is 49.7 Å². The highest BCUT2D eigenvalue weighted by atomic mass is 16.5. The van der Waals surface area contributed by atoms with Gasteiger partial charge in [0.15, 0.2) is 5.82 Å². The summed E-state index contributed by atoms with van der Waals surface area (Å²) in [5.74, 6) is 2.04. The zero-order valence-corrected chi connectivity index (χ0v) is 20.4. The number of nitrogens with zero attached hydrogens (tertiary/aromatic N) is 5. The van der Waals surface area contributed by atoms with Crippen molar-refractivity contribution in [1.82, 2.24) is 30.1 Å². The van der Waals surface area contributed by atoms with E-state index in [-0.39, 0.29) is 11.6 Å². The number of nitrogens with one attached hydrogen (secondary N) is 1. The van der Waals surface area contributed by atoms with Gasteiger partial charge in [-0.1, -0.05) is 37.3 Å². The van der Waals surface area contributed by atoms with Gasteiger partial charge >= 0.3 is 0 Å². The van der Waals surface area contributed by atoms with Crippen LogP contribution in [0.3, 0.4) is 0 Å². The van der Waals surface area contributed by atoms with Crippen molar-refractivity contribution in [3.63, 3.8) is 0 Å². The van der Waals surface area contributed by atoms with Gasteiger partial charge in [-0.05, 0) is 78.9 Å². The number of benzene rings is 2. The molecule has 1 fully saturated rings. The third kappa shape index (κ3) is 5.12. The maximum atomic E-state index is 13.4. The number of hydrogen-bond donors (Lipinski definition) is 1. The SMILES string of the molecule is CCOc1ccc2[nH]c(=O)c([C@@H](c3nnnn3CCc3ccccc3)N3CCC[C@@H](C)C3)cc2c1. The molecule has 1 aliphatic rings. The summed E-state index contributed by atoms with van der Waals surface area (Å²) in [4.78, 5) is 18.8. The van der Waals surface area contributed by atoms with E-state index in [4.69, 9.17) is 4.74 Å². The van der Waals surface area contributed by atoms with Crippen molar-refractivity contribution in [3.05, 3.63) is 81.9 Å². The van der Waals surface area contributed by atoms with Crippen LogP contribution in [0.4, 0.5) is 0 Å². The minimum atomic E-state index is -0.326. The molecule has 2 aromatic heterocycles. The zero-order chi connectivity index (χ0) is 24.2. The van der Waals surface area contributed by atoms with Crippen molar-refractivity contribution >= 4 is 10.9 Å². The lowest BCUT2D eigenvalue weighted by Crippen LogP contribution is -2.41. The lowest BCUT2D eigenvalue weighted by molar-refractivity contribution is 0.141. The van der Waals surface area contributed by atoms with Gasteiger partial charge < -0.3 is 9.72 Å². The number of fused-ring (bicyclic) bond motifs is 1. The number of hydrogen-bond acceptors (Lipinski definition) is 6. The van der Waals surface area contributed by atoms with E-state index in [1.165, 1.54) is 12.0 Å². The molecule has 2 atom stereocenters. The number of H-pyrrole nitrogens is 1. The van der Waals surface area contributed by atoms with Crippen molar-refractivity contribution in [2.45, 2.75) is 45.7 Å². The molecular weight excluding hydrogens is 440 g/mol. The Bertz CT molecular complexity index is 1330. The first-order valence-corrected chi connectivity index (χ1v) is 12.5. The Labute approximate surface area is 204 Å². The van der Waals surface area contributed by atoms with Gasteiger partial charge in [0.05, 0.1) is 6.61 Å². The van der Waals surface area contributed by atoms with Crippen LogP contribution < -0.4 is 10.3 Å². The van der Waals surface area contributed by atoms with Crippen molar-refractivity contribution in [3.8, 4) is 5.75 Å². The van der Waals surface area contributed by atoms with E-state index < -0.39 is 0 Å². The molecule has 0 unspecified atom stereocenters. The minimum Gasteiger partial charge on any atom is -0.494 e. The quantitative estimate of drug-likeness (QED) is 0.417. The third-order valence-corrected chi connectivity index (χ3v) is 6.76. The van der Waals surface area contributed by atoms with Crippen molar-refractivity contribution in [1.29, 1.82) is 0 Å². The predicted molar refractivity (Wildman–Crippen MR) is 136 cm³/mol. The van der Waals surface area contributed by atoms with Crippen LogP contribution in [0.5, 0.6) is 5.75 Å². The summed E-state index contributed by atoms with van der Waals surface area (Å²) >= 11 is 0. The van der Waals surface area contributed by atoms with Gasteiger partial charge in [0.1, 0.15) is 11.8 Å². The molecule has 0 bridgehead atoms. The topological polar surface area (TPSA) is 88.9 Å². The van der Waals surface area contributed by atoms with E-state index in [0.29, 0.717) is 30.5 Å². The molecule has 0 spiro atoms. The number of aryl methyl sites for hydroxylation is 2. The Hall–Kier alpha value is -3.52. The first-order chi connectivity index (χ1) is 17.1. The highest BCUT2D eigenvalue weighted by Crippen LogP contribution is 2.31. The minimum absolute atomic E-state index is 0.109. The predicted octanol–water partition coefficient (Wildman–Crippen LogP) is 3.98. The number of pyridine rings is 1. The summed E-state index contributed by atoms with van der Waals surface area (Å²) in [7, 11) is 0. The molecule has 2 aromatic carbocycles. The molecule has 0 saturated carbocycles. The van der Waals surface area contributed by atoms with Crippen LogP contribution in [0.15, 0.2) is 59.4 Å². The monoisotopic (exact) mass is 472 g/mol. The lowest BCUT2D eigenvalue weighted by Gasteiger charge is -2.36. The smallest absolute Gasteiger partial charge is 0.253 e. The van der Waals surface area contributed by atoms with Crippen LogP contribution in [0, 0.1) is 5.92 Å². The fourth-order valence-corrected chi connectivity index (χ4v) is 5.07. The summed E-state index contributed by atoms with van der Waals surface area (Å²) in [6.07, 6.45) is 3.09. The second-order valence-electron chi connectivity index (χ2n) is 9.38. The fourth-order valence-electron chi connectivity index (χ4n) is 5.07. The average molecular weight is 473 g/mol. The normalized spacial score (nSPS) is 17.5. The molecule has 0 aliphatic carbocycles. The summed E-state index contributed by atoms with van der Waals surface area (Å²) in [6, 6.07) is 17.7. The van der Waals surface area contributed by atoms with Gasteiger partial charge in [-0.15, -0.1) is 5.10 Å². The maximum Gasteiger partial charge on any atom is 0.253 e. The van der Waals surface area contributed by atoms with Crippen LogP contribution in [-0.2, 0) is 13.0 Å². The number of likely N-dealkylation sites (tertiary alicyclic amines) is 1. The standard InChI is InChI=1S/C27H32N6O2/c1-3-35-22-11-12-24-21(16-22)17-23(27(34)28-24)25(32-14-7-8-19(2)18-32)26-29-30-31-33(26)15-13-20-9-5-4-6-10-20/h4-6,9-12,16-17,19,25H,3,7-8,13-15,18H2,1-2H3,(H,28,34)/t19-,25+/m1/s1. The summed E-state index contributed by atoms with van der Waals surface area (Å²) in [5, 5.41) is 13.7. The molecule has 4 aromatic rings. The molecule has 5 rings (SSSR count). The molecular formula is C27H32N6O2. The van der Waals surface area contributed by atoms with Crippen LogP contribution in [0.25, 0.3) is 10.9 Å². The van der Waals surface area contributed by atoms with E-state index in [9.17, 15) is 4.79 Å². The van der Waals surface area contributed by atoms with Gasteiger partial charge in [0, 0.05) is 29.6 Å². The highest BCUT2D eigenvalue weighted by molar-refractivity contribution is 5.80.